The zero-order valence-corrected chi connectivity index (χ0v) is 15.9. The first kappa shape index (κ1) is 18.7. The lowest BCUT2D eigenvalue weighted by Gasteiger charge is -2.40. The van der Waals surface area contributed by atoms with Gasteiger partial charge in [0.2, 0.25) is 5.91 Å². The zero-order chi connectivity index (χ0) is 20.7. The number of non-ortho nitro benzene ring substituents is 1. The molecule has 1 unspecified atom stereocenters. The molecule has 0 fully saturated rings. The van der Waals surface area contributed by atoms with Gasteiger partial charge in [0.25, 0.3) is 5.69 Å². The minimum atomic E-state index is -0.825. The molecule has 1 amide bonds. The third-order valence-corrected chi connectivity index (χ3v) is 5.37. The summed E-state index contributed by atoms with van der Waals surface area (Å²) in [6, 6.07) is 12.3. The lowest BCUT2D eigenvalue weighted by Crippen LogP contribution is -2.51. The summed E-state index contributed by atoms with van der Waals surface area (Å²) in [5, 5.41) is 12.3. The maximum absolute atomic E-state index is 12.6. The monoisotopic (exact) mass is 393 g/mol. The van der Waals surface area contributed by atoms with Crippen molar-refractivity contribution < 1.29 is 19.2 Å². The molecule has 0 spiro atoms. The summed E-state index contributed by atoms with van der Waals surface area (Å²) in [5.74, 6) is -0.840. The predicted molar refractivity (Wildman–Crippen MR) is 105 cm³/mol. The van der Waals surface area contributed by atoms with Gasteiger partial charge >= 0.3 is 5.97 Å². The van der Waals surface area contributed by atoms with Gasteiger partial charge in [-0.15, -0.1) is 0 Å². The lowest BCUT2D eigenvalue weighted by molar-refractivity contribution is -0.384. The first-order valence-electron chi connectivity index (χ1n) is 9.13. The predicted octanol–water partition coefficient (Wildman–Crippen LogP) is 3.11. The molecule has 1 N–H and O–H groups in total. The molecule has 1 aliphatic heterocycles. The number of benzene rings is 2. The SMILES string of the molecule is COC(=O)[C@@H]1Cc2c([nH]c3ccccc23)C(c2cccc([N+](=O)[O-])c2)N1C(C)=O. The third kappa shape index (κ3) is 3.02. The number of nitrogens with one attached hydrogen (secondary N) is 1. The van der Waals surface area contributed by atoms with E-state index in [0.29, 0.717) is 12.0 Å². The number of rotatable bonds is 3. The number of hydrogen-bond donors (Lipinski definition) is 1. The van der Waals surface area contributed by atoms with Crippen LogP contribution in [-0.2, 0) is 20.7 Å². The van der Waals surface area contributed by atoms with E-state index < -0.39 is 23.0 Å². The Bertz CT molecular complexity index is 1140. The Kier molecular flexibility index (Phi) is 4.54. The minimum Gasteiger partial charge on any atom is -0.467 e. The number of carbonyl (C=O) groups is 2. The topological polar surface area (TPSA) is 106 Å². The lowest BCUT2D eigenvalue weighted by atomic mass is 9.87. The summed E-state index contributed by atoms with van der Waals surface area (Å²) in [4.78, 5) is 40.8. The van der Waals surface area contributed by atoms with Crippen molar-refractivity contribution in [2.24, 2.45) is 0 Å². The van der Waals surface area contributed by atoms with Crippen molar-refractivity contribution in [1.82, 2.24) is 9.88 Å². The van der Waals surface area contributed by atoms with Crippen LogP contribution in [0.3, 0.4) is 0 Å². The number of H-pyrrole nitrogens is 1. The molecule has 8 nitrogen and oxygen atoms in total. The van der Waals surface area contributed by atoms with E-state index in [1.807, 2.05) is 24.3 Å². The molecule has 8 heteroatoms. The fourth-order valence-corrected chi connectivity index (χ4v) is 4.15. The molecule has 3 aromatic rings. The van der Waals surface area contributed by atoms with Gasteiger partial charge in [-0.05, 0) is 17.2 Å². The van der Waals surface area contributed by atoms with Gasteiger partial charge in [-0.25, -0.2) is 4.79 Å². The highest BCUT2D eigenvalue weighted by molar-refractivity contribution is 5.90. The Morgan fingerprint density at radius 2 is 1.97 bits per heavy atom. The number of fused-ring (bicyclic) bond motifs is 3. The molecule has 1 aliphatic rings. The molecule has 0 aliphatic carbocycles. The van der Waals surface area contributed by atoms with Crippen molar-refractivity contribution in [2.45, 2.75) is 25.4 Å². The Morgan fingerprint density at radius 1 is 1.21 bits per heavy atom. The van der Waals surface area contributed by atoms with E-state index in [9.17, 15) is 19.7 Å². The van der Waals surface area contributed by atoms with Crippen molar-refractivity contribution in [1.29, 1.82) is 0 Å². The van der Waals surface area contributed by atoms with Gasteiger partial charge in [-0.1, -0.05) is 30.3 Å². The summed E-state index contributed by atoms with van der Waals surface area (Å²) in [5.41, 5.74) is 3.01. The van der Waals surface area contributed by atoms with Crippen LogP contribution in [0.2, 0.25) is 0 Å². The summed E-state index contributed by atoms with van der Waals surface area (Å²) in [7, 11) is 1.29. The van der Waals surface area contributed by atoms with Crippen LogP contribution >= 0.6 is 0 Å². The van der Waals surface area contributed by atoms with Crippen molar-refractivity contribution in [2.75, 3.05) is 7.11 Å². The van der Waals surface area contributed by atoms with Gasteiger partial charge in [-0.3, -0.25) is 14.9 Å². The number of methoxy groups -OCH3 is 1. The molecule has 0 radical (unpaired) electrons. The maximum Gasteiger partial charge on any atom is 0.328 e. The van der Waals surface area contributed by atoms with Crippen LogP contribution in [-0.4, -0.2) is 39.8 Å². The number of ether oxygens (including phenoxy) is 1. The molecule has 2 atom stereocenters. The standard InChI is InChI=1S/C21H19N3O5/c1-12(25)23-18(21(26)29-2)11-16-15-8-3-4-9-17(15)22-19(16)20(23)13-6-5-7-14(10-13)24(27)28/h3-10,18,20,22H,11H2,1-2H3/t18-,20?/m0/s1. The maximum atomic E-state index is 12.6. The number of carbonyl (C=O) groups excluding carboxylic acids is 2. The van der Waals surface area contributed by atoms with Gasteiger partial charge in [0.05, 0.1) is 18.1 Å². The highest BCUT2D eigenvalue weighted by Gasteiger charge is 2.43. The number of aromatic nitrogens is 1. The fraction of sp³-hybridized carbons (Fsp3) is 0.238. The highest BCUT2D eigenvalue weighted by atomic mass is 16.6. The Balaban J connectivity index is 1.99. The molecule has 0 saturated heterocycles. The molecular formula is C21H19N3O5. The van der Waals surface area contributed by atoms with E-state index in [2.05, 4.69) is 4.98 Å². The van der Waals surface area contributed by atoms with Crippen LogP contribution in [0.4, 0.5) is 5.69 Å². The van der Waals surface area contributed by atoms with Crippen molar-refractivity contribution >= 4 is 28.5 Å². The third-order valence-electron chi connectivity index (χ3n) is 5.37. The molecule has 29 heavy (non-hydrogen) atoms. The number of nitro benzene ring substituents is 1. The fourth-order valence-electron chi connectivity index (χ4n) is 4.15. The van der Waals surface area contributed by atoms with Crippen LogP contribution in [0.15, 0.2) is 48.5 Å². The Morgan fingerprint density at radius 3 is 2.66 bits per heavy atom. The van der Waals surface area contributed by atoms with Crippen molar-refractivity contribution in [3.05, 3.63) is 75.5 Å². The Labute approximate surface area is 166 Å². The van der Waals surface area contributed by atoms with Crippen molar-refractivity contribution in [3.8, 4) is 0 Å². The number of nitrogens with zero attached hydrogens (tertiary/aromatic N) is 2. The number of amides is 1. The average Bonchev–Trinajstić information content (AvgIpc) is 3.10. The molecule has 0 bridgehead atoms. The van der Waals surface area contributed by atoms with E-state index in [1.165, 1.54) is 31.1 Å². The van der Waals surface area contributed by atoms with Crippen LogP contribution in [0.1, 0.15) is 29.8 Å². The molecule has 148 valence electrons. The average molecular weight is 393 g/mol. The van der Waals surface area contributed by atoms with E-state index in [-0.39, 0.29) is 11.6 Å². The number of para-hydroxylation sites is 1. The van der Waals surface area contributed by atoms with Crippen LogP contribution in [0.5, 0.6) is 0 Å². The van der Waals surface area contributed by atoms with Crippen LogP contribution in [0, 0.1) is 10.1 Å². The number of nitro groups is 1. The number of aromatic amines is 1. The first-order valence-corrected chi connectivity index (χ1v) is 9.13. The van der Waals surface area contributed by atoms with Gasteiger partial charge in [0.15, 0.2) is 0 Å². The second-order valence-corrected chi connectivity index (χ2v) is 6.99. The molecule has 2 heterocycles. The van der Waals surface area contributed by atoms with Gasteiger partial charge < -0.3 is 14.6 Å². The van der Waals surface area contributed by atoms with Gasteiger partial charge in [-0.2, -0.15) is 0 Å². The summed E-state index contributed by atoms with van der Waals surface area (Å²) < 4.78 is 4.97. The van der Waals surface area contributed by atoms with Gasteiger partial charge in [0.1, 0.15) is 6.04 Å². The number of esters is 1. The zero-order valence-electron chi connectivity index (χ0n) is 15.9. The largest absolute Gasteiger partial charge is 0.467 e. The first-order chi connectivity index (χ1) is 13.9. The molecule has 2 aromatic carbocycles. The highest BCUT2D eigenvalue weighted by Crippen LogP contribution is 2.41. The second kappa shape index (κ2) is 7.05. The molecule has 4 rings (SSSR count). The molecule has 1 aromatic heterocycles. The van der Waals surface area contributed by atoms with E-state index >= 15 is 0 Å². The van der Waals surface area contributed by atoms with Crippen molar-refractivity contribution in [3.63, 3.8) is 0 Å². The minimum absolute atomic E-state index is 0.0798. The Hall–Kier alpha value is -3.68. The molecular weight excluding hydrogens is 374 g/mol. The summed E-state index contributed by atoms with van der Waals surface area (Å²) in [6.45, 7) is 1.38. The summed E-state index contributed by atoms with van der Waals surface area (Å²) in [6.07, 6.45) is 0.303. The number of hydrogen-bond acceptors (Lipinski definition) is 5. The normalized spacial score (nSPS) is 18.3. The van der Waals surface area contributed by atoms with E-state index in [1.54, 1.807) is 12.1 Å². The quantitative estimate of drug-likeness (QED) is 0.418. The smallest absolute Gasteiger partial charge is 0.328 e. The van der Waals surface area contributed by atoms with E-state index in [0.717, 1.165) is 22.2 Å². The van der Waals surface area contributed by atoms with Gasteiger partial charge in [0, 0.05) is 42.1 Å². The second-order valence-electron chi connectivity index (χ2n) is 6.99. The van der Waals surface area contributed by atoms with Crippen LogP contribution < -0.4 is 0 Å². The summed E-state index contributed by atoms with van der Waals surface area (Å²) >= 11 is 0. The van der Waals surface area contributed by atoms with E-state index in [4.69, 9.17) is 4.74 Å². The van der Waals surface area contributed by atoms with Crippen LogP contribution in [0.25, 0.3) is 10.9 Å². The molecule has 0 saturated carbocycles.